The van der Waals surface area contributed by atoms with Crippen molar-refractivity contribution in [3.8, 4) is 5.88 Å². The van der Waals surface area contributed by atoms with Crippen molar-refractivity contribution < 1.29 is 19.1 Å². The minimum absolute atomic E-state index is 0.0212. The molecule has 3 N–H and O–H groups in total. The molecule has 1 fully saturated rings. The number of nitrogens with one attached hydrogen (secondary N) is 1. The number of aromatic nitrogens is 1. The van der Waals surface area contributed by atoms with Gasteiger partial charge in [0.2, 0.25) is 5.88 Å². The van der Waals surface area contributed by atoms with Crippen LogP contribution in [0.5, 0.6) is 5.88 Å². The number of nitrogens with zero attached hydrogens (tertiary/aromatic N) is 2. The topological polar surface area (TPSA) is 115 Å². The number of likely N-dealkylation sites (tertiary alicyclic amines) is 1. The van der Waals surface area contributed by atoms with Crippen LogP contribution in [0.25, 0.3) is 0 Å². The van der Waals surface area contributed by atoms with Crippen LogP contribution in [0.15, 0.2) is 42.6 Å². The van der Waals surface area contributed by atoms with Crippen molar-refractivity contribution in [2.45, 2.75) is 25.3 Å². The van der Waals surface area contributed by atoms with Crippen LogP contribution in [0.3, 0.4) is 0 Å². The van der Waals surface area contributed by atoms with Crippen LogP contribution in [0.2, 0.25) is 0 Å². The minimum Gasteiger partial charge on any atom is -0.480 e. The van der Waals surface area contributed by atoms with E-state index in [-0.39, 0.29) is 23.2 Å². The van der Waals surface area contributed by atoms with Gasteiger partial charge in [-0.05, 0) is 30.9 Å². The molecule has 1 aliphatic rings. The van der Waals surface area contributed by atoms with Gasteiger partial charge in [-0.2, -0.15) is 0 Å². The zero-order chi connectivity index (χ0) is 20.1. The molecule has 1 aliphatic heterocycles. The van der Waals surface area contributed by atoms with Gasteiger partial charge in [-0.1, -0.05) is 30.3 Å². The number of nitrogens with two attached hydrogens (primary N) is 1. The Labute approximate surface area is 162 Å². The van der Waals surface area contributed by atoms with Crippen molar-refractivity contribution in [3.05, 3.63) is 53.7 Å². The van der Waals surface area contributed by atoms with E-state index in [0.29, 0.717) is 6.54 Å². The summed E-state index contributed by atoms with van der Waals surface area (Å²) in [6.07, 6.45) is 3.95. The highest BCUT2D eigenvalue weighted by atomic mass is 16.5. The van der Waals surface area contributed by atoms with E-state index in [9.17, 15) is 14.4 Å². The predicted molar refractivity (Wildman–Crippen MR) is 103 cm³/mol. The lowest BCUT2D eigenvalue weighted by Crippen LogP contribution is -2.44. The van der Waals surface area contributed by atoms with Crippen LogP contribution in [0.1, 0.15) is 41.2 Å². The summed E-state index contributed by atoms with van der Waals surface area (Å²) in [7, 11) is 1.36. The van der Waals surface area contributed by atoms with E-state index >= 15 is 0 Å². The second-order valence-electron chi connectivity index (χ2n) is 6.52. The molecular formula is C20H22N4O4. The molecule has 8 heteroatoms. The number of amides is 3. The molecule has 0 radical (unpaired) electrons. The number of benzene rings is 1. The molecule has 0 saturated carbocycles. The number of primary amides is 1. The van der Waals surface area contributed by atoms with E-state index in [1.165, 1.54) is 19.4 Å². The quantitative estimate of drug-likeness (QED) is 0.784. The molecule has 28 heavy (non-hydrogen) atoms. The van der Waals surface area contributed by atoms with Crippen LogP contribution >= 0.6 is 0 Å². The number of carbonyl (C=O) groups is 3. The van der Waals surface area contributed by atoms with Gasteiger partial charge < -0.3 is 20.7 Å². The molecular weight excluding hydrogens is 360 g/mol. The lowest BCUT2D eigenvalue weighted by Gasteiger charge is -2.35. The summed E-state index contributed by atoms with van der Waals surface area (Å²) in [6.45, 7) is 0.513. The minimum atomic E-state index is -0.787. The van der Waals surface area contributed by atoms with E-state index in [2.05, 4.69) is 10.3 Å². The maximum absolute atomic E-state index is 12.8. The Balaban J connectivity index is 1.77. The first-order chi connectivity index (χ1) is 13.5. The second-order valence-corrected chi connectivity index (χ2v) is 6.52. The summed E-state index contributed by atoms with van der Waals surface area (Å²) in [5.41, 5.74) is 6.52. The third-order valence-electron chi connectivity index (χ3n) is 4.71. The fraction of sp³-hybridized carbons (Fsp3) is 0.300. The summed E-state index contributed by atoms with van der Waals surface area (Å²) >= 11 is 0. The van der Waals surface area contributed by atoms with Crippen molar-refractivity contribution >= 4 is 23.4 Å². The normalized spacial score (nSPS) is 16.3. The fourth-order valence-corrected chi connectivity index (χ4v) is 3.37. The highest BCUT2D eigenvalue weighted by Crippen LogP contribution is 2.31. The van der Waals surface area contributed by atoms with Crippen LogP contribution in [0, 0.1) is 0 Å². The van der Waals surface area contributed by atoms with Gasteiger partial charge in [-0.15, -0.1) is 0 Å². The number of hydrogen-bond donors (Lipinski definition) is 2. The molecule has 0 spiro atoms. The predicted octanol–water partition coefficient (Wildman–Crippen LogP) is 1.88. The van der Waals surface area contributed by atoms with Gasteiger partial charge in [0.15, 0.2) is 0 Å². The molecule has 1 saturated heterocycles. The molecule has 146 valence electrons. The third kappa shape index (κ3) is 4.11. The number of ether oxygens (including phenoxy) is 1. The van der Waals surface area contributed by atoms with Gasteiger partial charge in [0.05, 0.1) is 25.0 Å². The summed E-state index contributed by atoms with van der Waals surface area (Å²) < 4.78 is 4.97. The first kappa shape index (κ1) is 19.3. The van der Waals surface area contributed by atoms with Gasteiger partial charge in [0, 0.05) is 6.54 Å². The standard InChI is InChI=1S/C20H22N4O4/c1-28-19-15(17(21)25)11-14(12-22-19)23-18(26)20(27)24-10-6-5-9-16(24)13-7-3-2-4-8-13/h2-4,7-8,11-12,16H,5-6,9-10H2,1H3,(H2,21,25)(H,23,26). The Morgan fingerprint density at radius 1 is 1.21 bits per heavy atom. The molecule has 0 aliphatic carbocycles. The molecule has 2 heterocycles. The van der Waals surface area contributed by atoms with Crippen molar-refractivity contribution in [2.75, 3.05) is 19.0 Å². The lowest BCUT2D eigenvalue weighted by molar-refractivity contribution is -0.145. The highest BCUT2D eigenvalue weighted by molar-refractivity contribution is 6.39. The maximum Gasteiger partial charge on any atom is 0.313 e. The van der Waals surface area contributed by atoms with Gasteiger partial charge >= 0.3 is 11.8 Å². The molecule has 8 nitrogen and oxygen atoms in total. The van der Waals surface area contributed by atoms with Gasteiger partial charge in [0.25, 0.3) is 5.91 Å². The molecule has 1 atom stereocenters. The van der Waals surface area contributed by atoms with E-state index in [1.54, 1.807) is 4.90 Å². The summed E-state index contributed by atoms with van der Waals surface area (Å²) in [6, 6.07) is 10.9. The number of carbonyl (C=O) groups excluding carboxylic acids is 3. The molecule has 1 aromatic heterocycles. The summed E-state index contributed by atoms with van der Waals surface area (Å²) in [5, 5.41) is 2.50. The Bertz CT molecular complexity index is 885. The van der Waals surface area contributed by atoms with Crippen molar-refractivity contribution in [3.63, 3.8) is 0 Å². The average Bonchev–Trinajstić information content (AvgIpc) is 2.73. The average molecular weight is 382 g/mol. The van der Waals surface area contributed by atoms with E-state index in [1.807, 2.05) is 30.3 Å². The van der Waals surface area contributed by atoms with Gasteiger partial charge in [-0.25, -0.2) is 4.98 Å². The highest BCUT2D eigenvalue weighted by Gasteiger charge is 2.31. The molecule has 1 aromatic carbocycles. The van der Waals surface area contributed by atoms with Gasteiger partial charge in [-0.3, -0.25) is 14.4 Å². The zero-order valence-electron chi connectivity index (χ0n) is 15.6. The fourth-order valence-electron chi connectivity index (χ4n) is 3.37. The molecule has 3 rings (SSSR count). The summed E-state index contributed by atoms with van der Waals surface area (Å²) in [4.78, 5) is 42.4. The molecule has 0 bridgehead atoms. The molecule has 1 unspecified atom stereocenters. The zero-order valence-corrected chi connectivity index (χ0v) is 15.6. The largest absolute Gasteiger partial charge is 0.480 e. The molecule has 3 amide bonds. The van der Waals surface area contributed by atoms with E-state index in [4.69, 9.17) is 10.5 Å². The number of pyridine rings is 1. The number of anilines is 1. The lowest BCUT2D eigenvalue weighted by atomic mass is 9.95. The number of methoxy groups -OCH3 is 1. The number of piperidine rings is 1. The smallest absolute Gasteiger partial charge is 0.313 e. The summed E-state index contributed by atoms with van der Waals surface area (Å²) in [5.74, 6) is -2.10. The van der Waals surface area contributed by atoms with Crippen LogP contribution in [-0.2, 0) is 9.59 Å². The van der Waals surface area contributed by atoms with Crippen molar-refractivity contribution in [1.82, 2.24) is 9.88 Å². The third-order valence-corrected chi connectivity index (χ3v) is 4.71. The van der Waals surface area contributed by atoms with Crippen molar-refractivity contribution in [1.29, 1.82) is 0 Å². The van der Waals surface area contributed by atoms with Gasteiger partial charge in [0.1, 0.15) is 5.56 Å². The first-order valence-electron chi connectivity index (χ1n) is 9.02. The Hall–Kier alpha value is -3.42. The van der Waals surface area contributed by atoms with Crippen LogP contribution in [0.4, 0.5) is 5.69 Å². The first-order valence-corrected chi connectivity index (χ1v) is 9.02. The second kappa shape index (κ2) is 8.51. The molecule has 2 aromatic rings. The van der Waals surface area contributed by atoms with Crippen LogP contribution < -0.4 is 15.8 Å². The Morgan fingerprint density at radius 3 is 2.64 bits per heavy atom. The van der Waals surface area contributed by atoms with Crippen LogP contribution in [-0.4, -0.2) is 41.3 Å². The van der Waals surface area contributed by atoms with E-state index in [0.717, 1.165) is 24.8 Å². The number of hydrogen-bond acceptors (Lipinski definition) is 5. The SMILES string of the molecule is COc1ncc(NC(=O)C(=O)N2CCCCC2c2ccccc2)cc1C(N)=O. The Morgan fingerprint density at radius 2 is 1.96 bits per heavy atom. The Kier molecular flexibility index (Phi) is 5.88. The monoisotopic (exact) mass is 382 g/mol. The van der Waals surface area contributed by atoms with Crippen molar-refractivity contribution in [2.24, 2.45) is 5.73 Å². The number of rotatable bonds is 4. The maximum atomic E-state index is 12.8. The van der Waals surface area contributed by atoms with E-state index < -0.39 is 17.7 Å².